The summed E-state index contributed by atoms with van der Waals surface area (Å²) in [6, 6.07) is 11.8. The highest BCUT2D eigenvalue weighted by Gasteiger charge is 2.02. The summed E-state index contributed by atoms with van der Waals surface area (Å²) < 4.78 is 0. The van der Waals surface area contributed by atoms with Crippen LogP contribution in [0.15, 0.2) is 57.7 Å². The molecule has 0 aliphatic carbocycles. The average molecular weight is 259 g/mol. The van der Waals surface area contributed by atoms with Gasteiger partial charge in [-0.05, 0) is 31.2 Å². The Hall–Kier alpha value is -2.01. The molecule has 4 nitrogen and oxygen atoms in total. The Morgan fingerprint density at radius 2 is 2.17 bits per heavy atom. The van der Waals surface area contributed by atoms with Crippen molar-refractivity contribution < 1.29 is 5.21 Å². The molecule has 2 rings (SSSR count). The first-order valence-electron chi connectivity index (χ1n) is 5.37. The molecule has 1 heterocycles. The van der Waals surface area contributed by atoms with Crippen molar-refractivity contribution >= 4 is 17.6 Å². The normalized spacial score (nSPS) is 11.5. The monoisotopic (exact) mass is 259 g/mol. The SMILES string of the molecule is Cc1cccc(Sc2ccc(C(N)=NO)cn2)c1. The van der Waals surface area contributed by atoms with Gasteiger partial charge in [0.05, 0.1) is 0 Å². The smallest absolute Gasteiger partial charge is 0.171 e. The van der Waals surface area contributed by atoms with Crippen molar-refractivity contribution in [1.82, 2.24) is 4.98 Å². The Kier molecular flexibility index (Phi) is 3.84. The summed E-state index contributed by atoms with van der Waals surface area (Å²) >= 11 is 1.58. The van der Waals surface area contributed by atoms with Crippen LogP contribution in [0.4, 0.5) is 0 Å². The first-order valence-corrected chi connectivity index (χ1v) is 6.19. The van der Waals surface area contributed by atoms with E-state index in [0.717, 1.165) is 9.92 Å². The van der Waals surface area contributed by atoms with Crippen LogP contribution in [0.5, 0.6) is 0 Å². The van der Waals surface area contributed by atoms with Gasteiger partial charge in [-0.1, -0.05) is 34.6 Å². The van der Waals surface area contributed by atoms with Gasteiger partial charge < -0.3 is 10.9 Å². The largest absolute Gasteiger partial charge is 0.409 e. The van der Waals surface area contributed by atoms with E-state index in [4.69, 9.17) is 10.9 Å². The number of hydrogen-bond donors (Lipinski definition) is 2. The Morgan fingerprint density at radius 1 is 1.33 bits per heavy atom. The van der Waals surface area contributed by atoms with Crippen molar-refractivity contribution in [2.75, 3.05) is 0 Å². The van der Waals surface area contributed by atoms with Gasteiger partial charge in [-0.3, -0.25) is 0 Å². The fourth-order valence-electron chi connectivity index (χ4n) is 1.45. The fourth-order valence-corrected chi connectivity index (χ4v) is 2.32. The minimum Gasteiger partial charge on any atom is -0.409 e. The van der Waals surface area contributed by atoms with Crippen molar-refractivity contribution in [2.24, 2.45) is 10.9 Å². The molecule has 2 aromatic rings. The van der Waals surface area contributed by atoms with Gasteiger partial charge in [-0.25, -0.2) is 4.98 Å². The number of benzene rings is 1. The van der Waals surface area contributed by atoms with Gasteiger partial charge in [0, 0.05) is 16.7 Å². The molecule has 1 aromatic heterocycles. The lowest BCUT2D eigenvalue weighted by Gasteiger charge is -2.03. The molecule has 0 saturated heterocycles. The third kappa shape index (κ3) is 3.01. The Balaban J connectivity index is 2.16. The summed E-state index contributed by atoms with van der Waals surface area (Å²) in [7, 11) is 0. The highest BCUT2D eigenvalue weighted by atomic mass is 32.2. The summed E-state index contributed by atoms with van der Waals surface area (Å²) in [4.78, 5) is 5.40. The van der Waals surface area contributed by atoms with Gasteiger partial charge in [0.25, 0.3) is 0 Å². The third-order valence-corrected chi connectivity index (χ3v) is 3.29. The van der Waals surface area contributed by atoms with E-state index in [1.807, 2.05) is 18.2 Å². The lowest BCUT2D eigenvalue weighted by Crippen LogP contribution is -2.13. The first-order chi connectivity index (χ1) is 8.69. The van der Waals surface area contributed by atoms with Crippen molar-refractivity contribution in [3.8, 4) is 0 Å². The minimum absolute atomic E-state index is 0.0644. The van der Waals surface area contributed by atoms with E-state index >= 15 is 0 Å². The van der Waals surface area contributed by atoms with E-state index in [1.54, 1.807) is 24.0 Å². The molecular formula is C13H13N3OS. The molecule has 0 amide bonds. The lowest BCUT2D eigenvalue weighted by molar-refractivity contribution is 0.318. The predicted molar refractivity (Wildman–Crippen MR) is 72.0 cm³/mol. The number of pyridine rings is 1. The first kappa shape index (κ1) is 12.4. The van der Waals surface area contributed by atoms with Crippen LogP contribution in [0.25, 0.3) is 0 Å². The van der Waals surface area contributed by atoms with Crippen molar-refractivity contribution in [3.05, 3.63) is 53.7 Å². The van der Waals surface area contributed by atoms with Crippen LogP contribution in [0, 0.1) is 6.92 Å². The maximum atomic E-state index is 8.55. The number of amidine groups is 1. The molecule has 0 atom stereocenters. The number of rotatable bonds is 3. The third-order valence-electron chi connectivity index (χ3n) is 2.35. The molecule has 0 spiro atoms. The van der Waals surface area contributed by atoms with E-state index in [0.29, 0.717) is 5.56 Å². The number of nitrogens with two attached hydrogens (primary N) is 1. The summed E-state index contributed by atoms with van der Waals surface area (Å²) in [5, 5.41) is 12.4. The molecule has 3 N–H and O–H groups in total. The zero-order chi connectivity index (χ0) is 13.0. The van der Waals surface area contributed by atoms with Crippen LogP contribution >= 0.6 is 11.8 Å². The molecule has 0 fully saturated rings. The van der Waals surface area contributed by atoms with Crippen LogP contribution < -0.4 is 5.73 Å². The highest BCUT2D eigenvalue weighted by molar-refractivity contribution is 7.99. The molecule has 1 aromatic carbocycles. The number of oxime groups is 1. The molecule has 5 heteroatoms. The lowest BCUT2D eigenvalue weighted by atomic mass is 10.2. The Bertz CT molecular complexity index is 567. The van der Waals surface area contributed by atoms with Crippen LogP contribution in [-0.4, -0.2) is 16.0 Å². The minimum atomic E-state index is 0.0644. The number of aryl methyl sites for hydroxylation is 1. The van der Waals surface area contributed by atoms with Gasteiger partial charge in [0.2, 0.25) is 0 Å². The van der Waals surface area contributed by atoms with Crippen LogP contribution in [0.1, 0.15) is 11.1 Å². The molecule has 18 heavy (non-hydrogen) atoms. The van der Waals surface area contributed by atoms with E-state index in [2.05, 4.69) is 29.2 Å². The van der Waals surface area contributed by atoms with Gasteiger partial charge in [-0.15, -0.1) is 0 Å². The zero-order valence-electron chi connectivity index (χ0n) is 9.87. The topological polar surface area (TPSA) is 71.5 Å². The van der Waals surface area contributed by atoms with Crippen molar-refractivity contribution in [2.45, 2.75) is 16.8 Å². The second-order valence-electron chi connectivity index (χ2n) is 3.79. The number of nitrogens with zero attached hydrogens (tertiary/aromatic N) is 2. The maximum Gasteiger partial charge on any atom is 0.171 e. The Morgan fingerprint density at radius 3 is 2.78 bits per heavy atom. The van der Waals surface area contributed by atoms with Gasteiger partial charge >= 0.3 is 0 Å². The van der Waals surface area contributed by atoms with Gasteiger partial charge in [0.1, 0.15) is 5.03 Å². The molecule has 0 aliphatic rings. The molecule has 0 bridgehead atoms. The van der Waals surface area contributed by atoms with Crippen LogP contribution in [0.2, 0.25) is 0 Å². The molecule has 0 saturated carbocycles. The summed E-state index contributed by atoms with van der Waals surface area (Å²) in [5.74, 6) is 0.0644. The molecule has 92 valence electrons. The molecular weight excluding hydrogens is 246 g/mol. The molecule has 0 radical (unpaired) electrons. The van der Waals surface area contributed by atoms with Crippen molar-refractivity contribution in [1.29, 1.82) is 0 Å². The van der Waals surface area contributed by atoms with E-state index < -0.39 is 0 Å². The quantitative estimate of drug-likeness (QED) is 0.385. The zero-order valence-corrected chi connectivity index (χ0v) is 10.7. The standard InChI is InChI=1S/C13H13N3OS/c1-9-3-2-4-11(7-9)18-12-6-5-10(8-15-12)13(14)16-17/h2-8,17H,1H3,(H2,14,16). The van der Waals surface area contributed by atoms with E-state index in [-0.39, 0.29) is 5.84 Å². The van der Waals surface area contributed by atoms with Crippen LogP contribution in [-0.2, 0) is 0 Å². The molecule has 0 unspecified atom stereocenters. The number of hydrogen-bond acceptors (Lipinski definition) is 4. The average Bonchev–Trinajstić information content (AvgIpc) is 2.39. The second kappa shape index (κ2) is 5.55. The predicted octanol–water partition coefficient (Wildman–Crippen LogP) is 2.64. The van der Waals surface area contributed by atoms with Crippen LogP contribution in [0.3, 0.4) is 0 Å². The summed E-state index contributed by atoms with van der Waals surface area (Å²) in [5.41, 5.74) is 7.29. The van der Waals surface area contributed by atoms with E-state index in [1.165, 1.54) is 5.56 Å². The van der Waals surface area contributed by atoms with Gasteiger partial charge in [-0.2, -0.15) is 0 Å². The second-order valence-corrected chi connectivity index (χ2v) is 4.88. The van der Waals surface area contributed by atoms with Gasteiger partial charge in [0.15, 0.2) is 5.84 Å². The molecule has 0 aliphatic heterocycles. The fraction of sp³-hybridized carbons (Fsp3) is 0.0769. The number of aromatic nitrogens is 1. The highest BCUT2D eigenvalue weighted by Crippen LogP contribution is 2.26. The summed E-state index contributed by atoms with van der Waals surface area (Å²) in [6.07, 6.45) is 1.59. The Labute approximate surface area is 110 Å². The van der Waals surface area contributed by atoms with E-state index in [9.17, 15) is 0 Å². The maximum absolute atomic E-state index is 8.55. The van der Waals surface area contributed by atoms with Crippen molar-refractivity contribution in [3.63, 3.8) is 0 Å². The summed E-state index contributed by atoms with van der Waals surface area (Å²) in [6.45, 7) is 2.05.